The van der Waals surface area contributed by atoms with Crippen LogP contribution in [0.15, 0.2) is 4.79 Å². The largest absolute Gasteiger partial charge is 0.379 e. The number of fused-ring (bicyclic) bond motifs is 3. The molecule has 7 nitrogen and oxygen atoms in total. The molecule has 130 valence electrons. The Bertz CT molecular complexity index is 696. The number of morpholine rings is 1. The van der Waals surface area contributed by atoms with E-state index in [0.29, 0.717) is 38.0 Å². The van der Waals surface area contributed by atoms with Crippen molar-refractivity contribution in [2.75, 3.05) is 45.9 Å². The van der Waals surface area contributed by atoms with Gasteiger partial charge in [0.2, 0.25) is 5.91 Å². The first-order valence-corrected chi connectivity index (χ1v) is 8.79. The van der Waals surface area contributed by atoms with Gasteiger partial charge in [-0.1, -0.05) is 0 Å². The van der Waals surface area contributed by atoms with Crippen LogP contribution in [0.5, 0.6) is 0 Å². The maximum atomic E-state index is 12.7. The van der Waals surface area contributed by atoms with Crippen molar-refractivity contribution in [1.82, 2.24) is 19.8 Å². The number of likely N-dealkylation sites (tertiary alicyclic amines) is 1. The number of ether oxygens (including phenoxy) is 1. The summed E-state index contributed by atoms with van der Waals surface area (Å²) in [4.78, 5) is 36.4. The van der Waals surface area contributed by atoms with Crippen LogP contribution >= 0.6 is 0 Å². The average molecular weight is 332 g/mol. The Morgan fingerprint density at radius 3 is 2.92 bits per heavy atom. The highest BCUT2D eigenvalue weighted by Crippen LogP contribution is 2.39. The molecule has 0 unspecified atom stereocenters. The maximum absolute atomic E-state index is 12.7. The standard InChI is InChI=1S/C17H24N4O3/c1-11-18-16-13(17(23)19-11)3-2-12-8-21(9-14(12)16)15(22)10-20-4-6-24-7-5-20/h12,14H,2-10H2,1H3,(H,18,19,23)/t12-,14+/m1/s1. The summed E-state index contributed by atoms with van der Waals surface area (Å²) in [5.74, 6) is 1.50. The van der Waals surface area contributed by atoms with E-state index in [4.69, 9.17) is 4.74 Å². The maximum Gasteiger partial charge on any atom is 0.254 e. The highest BCUT2D eigenvalue weighted by Gasteiger charge is 2.41. The molecule has 0 aromatic carbocycles. The number of aryl methyl sites for hydroxylation is 1. The predicted molar refractivity (Wildman–Crippen MR) is 88.0 cm³/mol. The lowest BCUT2D eigenvalue weighted by Gasteiger charge is -2.28. The second kappa shape index (κ2) is 6.29. The quantitative estimate of drug-likeness (QED) is 0.818. The summed E-state index contributed by atoms with van der Waals surface area (Å²) in [7, 11) is 0. The van der Waals surface area contributed by atoms with E-state index in [-0.39, 0.29) is 17.4 Å². The van der Waals surface area contributed by atoms with Gasteiger partial charge in [-0.15, -0.1) is 0 Å². The van der Waals surface area contributed by atoms with E-state index in [1.165, 1.54) is 0 Å². The number of aromatic nitrogens is 2. The molecular weight excluding hydrogens is 308 g/mol. The van der Waals surface area contributed by atoms with Crippen LogP contribution in [-0.4, -0.2) is 71.6 Å². The summed E-state index contributed by atoms with van der Waals surface area (Å²) < 4.78 is 5.34. The fourth-order valence-electron chi connectivity index (χ4n) is 4.24. The van der Waals surface area contributed by atoms with E-state index in [1.54, 1.807) is 0 Å². The number of hydrogen-bond donors (Lipinski definition) is 1. The molecule has 2 atom stereocenters. The highest BCUT2D eigenvalue weighted by atomic mass is 16.5. The fourth-order valence-corrected chi connectivity index (χ4v) is 4.24. The topological polar surface area (TPSA) is 78.5 Å². The molecule has 2 aliphatic heterocycles. The van der Waals surface area contributed by atoms with Gasteiger partial charge in [-0.25, -0.2) is 4.98 Å². The Kier molecular flexibility index (Phi) is 4.14. The summed E-state index contributed by atoms with van der Waals surface area (Å²) in [5, 5.41) is 0. The van der Waals surface area contributed by atoms with Crippen LogP contribution in [0.25, 0.3) is 0 Å². The predicted octanol–water partition coefficient (Wildman–Crippen LogP) is -0.101. The molecule has 7 heteroatoms. The van der Waals surface area contributed by atoms with E-state index in [0.717, 1.165) is 43.7 Å². The lowest BCUT2D eigenvalue weighted by atomic mass is 9.80. The van der Waals surface area contributed by atoms with Gasteiger partial charge in [0.25, 0.3) is 5.56 Å². The van der Waals surface area contributed by atoms with Gasteiger partial charge in [0, 0.05) is 37.7 Å². The van der Waals surface area contributed by atoms with Gasteiger partial charge in [0.05, 0.1) is 25.5 Å². The minimum Gasteiger partial charge on any atom is -0.379 e. The van der Waals surface area contributed by atoms with Crippen LogP contribution in [0.4, 0.5) is 0 Å². The number of amides is 1. The molecule has 1 N–H and O–H groups in total. The number of hydrogen-bond acceptors (Lipinski definition) is 5. The van der Waals surface area contributed by atoms with Crippen molar-refractivity contribution >= 4 is 5.91 Å². The molecule has 0 radical (unpaired) electrons. The molecule has 0 saturated carbocycles. The van der Waals surface area contributed by atoms with Crippen molar-refractivity contribution < 1.29 is 9.53 Å². The zero-order chi connectivity index (χ0) is 16.7. The number of aromatic amines is 1. The smallest absolute Gasteiger partial charge is 0.254 e. The van der Waals surface area contributed by atoms with Crippen LogP contribution < -0.4 is 5.56 Å². The van der Waals surface area contributed by atoms with Crippen LogP contribution in [0.2, 0.25) is 0 Å². The van der Waals surface area contributed by atoms with Crippen molar-refractivity contribution in [3.63, 3.8) is 0 Å². The van der Waals surface area contributed by atoms with Crippen LogP contribution in [0, 0.1) is 12.8 Å². The monoisotopic (exact) mass is 332 g/mol. The van der Waals surface area contributed by atoms with Crippen LogP contribution in [0.3, 0.4) is 0 Å². The number of carbonyl (C=O) groups is 1. The van der Waals surface area contributed by atoms with Crippen molar-refractivity contribution in [1.29, 1.82) is 0 Å². The molecule has 24 heavy (non-hydrogen) atoms. The van der Waals surface area contributed by atoms with E-state index < -0.39 is 0 Å². The first-order valence-electron chi connectivity index (χ1n) is 8.79. The first kappa shape index (κ1) is 15.8. The Labute approximate surface area is 141 Å². The van der Waals surface area contributed by atoms with Crippen molar-refractivity contribution in [3.05, 3.63) is 27.4 Å². The normalized spacial score (nSPS) is 27.0. The zero-order valence-corrected chi connectivity index (χ0v) is 14.1. The fraction of sp³-hybridized carbons (Fsp3) is 0.706. The number of nitrogens with zero attached hydrogens (tertiary/aromatic N) is 3. The zero-order valence-electron chi connectivity index (χ0n) is 14.1. The summed E-state index contributed by atoms with van der Waals surface area (Å²) in [5.41, 5.74) is 1.74. The van der Waals surface area contributed by atoms with Crippen molar-refractivity contribution in [2.45, 2.75) is 25.7 Å². The molecule has 1 aromatic heterocycles. The van der Waals surface area contributed by atoms with Gasteiger partial charge < -0.3 is 14.6 Å². The number of carbonyl (C=O) groups excluding carboxylic acids is 1. The van der Waals surface area contributed by atoms with Crippen LogP contribution in [0.1, 0.15) is 29.4 Å². The van der Waals surface area contributed by atoms with Gasteiger partial charge in [-0.2, -0.15) is 0 Å². The SMILES string of the molecule is Cc1nc2c(c(=O)[nH]1)CC[C@@H]1CN(C(=O)CN3CCOCC3)C[C@H]21. The van der Waals surface area contributed by atoms with Gasteiger partial charge in [0.15, 0.2) is 0 Å². The number of nitrogens with one attached hydrogen (secondary N) is 1. The summed E-state index contributed by atoms with van der Waals surface area (Å²) in [6.07, 6.45) is 1.73. The molecule has 1 aliphatic carbocycles. The molecule has 4 rings (SSSR count). The summed E-state index contributed by atoms with van der Waals surface area (Å²) in [6, 6.07) is 0. The molecule has 1 amide bonds. The van der Waals surface area contributed by atoms with Gasteiger partial charge >= 0.3 is 0 Å². The lowest BCUT2D eigenvalue weighted by Crippen LogP contribution is -2.44. The minimum atomic E-state index is -0.00552. The molecular formula is C17H24N4O3. The number of rotatable bonds is 2. The van der Waals surface area contributed by atoms with E-state index in [1.807, 2.05) is 11.8 Å². The summed E-state index contributed by atoms with van der Waals surface area (Å²) in [6.45, 7) is 6.84. The van der Waals surface area contributed by atoms with E-state index in [9.17, 15) is 9.59 Å². The van der Waals surface area contributed by atoms with E-state index in [2.05, 4.69) is 14.9 Å². The Morgan fingerprint density at radius 2 is 2.12 bits per heavy atom. The molecule has 0 spiro atoms. The molecule has 3 heterocycles. The van der Waals surface area contributed by atoms with Crippen LogP contribution in [-0.2, 0) is 16.0 Å². The molecule has 2 fully saturated rings. The Hall–Kier alpha value is -1.73. The van der Waals surface area contributed by atoms with Gasteiger partial charge in [-0.05, 0) is 25.7 Å². The molecule has 0 bridgehead atoms. The minimum absolute atomic E-state index is 0.00552. The second-order valence-electron chi connectivity index (χ2n) is 7.11. The third-order valence-electron chi connectivity index (χ3n) is 5.54. The third kappa shape index (κ3) is 2.86. The molecule has 3 aliphatic rings. The Morgan fingerprint density at radius 1 is 1.33 bits per heavy atom. The molecule has 2 saturated heterocycles. The van der Waals surface area contributed by atoms with Crippen molar-refractivity contribution in [2.24, 2.45) is 5.92 Å². The first-order chi connectivity index (χ1) is 11.6. The van der Waals surface area contributed by atoms with Crippen molar-refractivity contribution in [3.8, 4) is 0 Å². The molecule has 1 aromatic rings. The lowest BCUT2D eigenvalue weighted by molar-refractivity contribution is -0.132. The second-order valence-corrected chi connectivity index (χ2v) is 7.11. The van der Waals surface area contributed by atoms with Gasteiger partial charge in [-0.3, -0.25) is 14.5 Å². The van der Waals surface area contributed by atoms with Gasteiger partial charge in [0.1, 0.15) is 5.82 Å². The average Bonchev–Trinajstić information content (AvgIpc) is 3.00. The summed E-state index contributed by atoms with van der Waals surface area (Å²) >= 11 is 0. The third-order valence-corrected chi connectivity index (χ3v) is 5.54. The Balaban J connectivity index is 1.49. The van der Waals surface area contributed by atoms with E-state index >= 15 is 0 Å². The number of H-pyrrole nitrogens is 1. The highest BCUT2D eigenvalue weighted by molar-refractivity contribution is 5.78.